The number of benzene rings is 1. The first-order valence-corrected chi connectivity index (χ1v) is 7.04. The van der Waals surface area contributed by atoms with Crippen LogP contribution in [0.1, 0.15) is 37.4 Å². The van der Waals surface area contributed by atoms with Gasteiger partial charge in [-0.2, -0.15) is 24.9 Å². The lowest BCUT2D eigenvalue weighted by atomic mass is 10.1. The molecule has 0 aliphatic heterocycles. The molecule has 0 heterocycles. The normalized spacial score (nSPS) is 15.3. The van der Waals surface area contributed by atoms with Gasteiger partial charge in [-0.05, 0) is 24.1 Å². The fourth-order valence-electron chi connectivity index (χ4n) is 1.47. The molecule has 2 N–H and O–H groups in total. The van der Waals surface area contributed by atoms with Gasteiger partial charge in [-0.1, -0.05) is 19.9 Å². The molecular weight excluding hydrogens is 278 g/mol. The Morgan fingerprint density at radius 1 is 1.32 bits per heavy atom. The summed E-state index contributed by atoms with van der Waals surface area (Å²) < 4.78 is 50.6. The molecule has 108 valence electrons. The molecule has 19 heavy (non-hydrogen) atoms. The highest BCUT2D eigenvalue weighted by Gasteiger charge is 2.34. The largest absolute Gasteiger partial charge is 0.419 e. The Morgan fingerprint density at radius 3 is 2.42 bits per heavy atom. The molecule has 0 fully saturated rings. The van der Waals surface area contributed by atoms with Crippen LogP contribution in [-0.4, -0.2) is 11.0 Å². The molecule has 2 unspecified atom stereocenters. The van der Waals surface area contributed by atoms with E-state index < -0.39 is 23.6 Å². The minimum absolute atomic E-state index is 0.390. The summed E-state index contributed by atoms with van der Waals surface area (Å²) in [5, 5.41) is 0.422. The molecule has 6 heteroatoms. The maximum absolute atomic E-state index is 13.4. The fraction of sp³-hybridized carbons (Fsp3) is 0.538. The van der Waals surface area contributed by atoms with Crippen molar-refractivity contribution in [1.82, 2.24) is 0 Å². The summed E-state index contributed by atoms with van der Waals surface area (Å²) in [5.74, 6) is -0.714. The maximum Gasteiger partial charge on any atom is 0.419 e. The topological polar surface area (TPSA) is 26.0 Å². The Bertz CT molecular complexity index is 420. The van der Waals surface area contributed by atoms with E-state index in [1.807, 2.05) is 13.8 Å². The minimum atomic E-state index is -4.67. The van der Waals surface area contributed by atoms with Crippen molar-refractivity contribution in [2.75, 3.05) is 5.75 Å². The number of hydrogen-bond acceptors (Lipinski definition) is 2. The summed E-state index contributed by atoms with van der Waals surface area (Å²) >= 11 is 1.63. The SMILES string of the molecule is CCC(C)SCC(N)c1ccc(C(F)(F)F)c(F)c1. The molecule has 0 saturated heterocycles. The molecule has 0 aromatic heterocycles. The van der Waals surface area contributed by atoms with E-state index in [1.54, 1.807) is 11.8 Å². The third-order valence-electron chi connectivity index (χ3n) is 2.86. The van der Waals surface area contributed by atoms with Crippen LogP contribution in [-0.2, 0) is 6.18 Å². The van der Waals surface area contributed by atoms with Crippen LogP contribution in [0.25, 0.3) is 0 Å². The van der Waals surface area contributed by atoms with Crippen LogP contribution in [0.15, 0.2) is 18.2 Å². The molecule has 0 saturated carbocycles. The Hall–Kier alpha value is -0.750. The Morgan fingerprint density at radius 2 is 1.95 bits per heavy atom. The van der Waals surface area contributed by atoms with Crippen molar-refractivity contribution in [3.63, 3.8) is 0 Å². The van der Waals surface area contributed by atoms with Gasteiger partial charge in [0.2, 0.25) is 0 Å². The van der Waals surface area contributed by atoms with E-state index in [-0.39, 0.29) is 0 Å². The Labute approximate surface area is 114 Å². The van der Waals surface area contributed by atoms with E-state index in [4.69, 9.17) is 5.73 Å². The number of thioether (sulfide) groups is 1. The number of alkyl halides is 3. The van der Waals surface area contributed by atoms with Gasteiger partial charge in [0.25, 0.3) is 0 Å². The van der Waals surface area contributed by atoms with Gasteiger partial charge in [-0.25, -0.2) is 4.39 Å². The molecule has 0 aliphatic carbocycles. The summed E-state index contributed by atoms with van der Waals surface area (Å²) in [6.45, 7) is 4.09. The molecule has 0 bridgehead atoms. The van der Waals surface area contributed by atoms with Crippen molar-refractivity contribution in [2.24, 2.45) is 5.73 Å². The van der Waals surface area contributed by atoms with Gasteiger partial charge in [0, 0.05) is 17.0 Å². The second kappa shape index (κ2) is 6.61. The summed E-state index contributed by atoms with van der Waals surface area (Å²) in [6.07, 6.45) is -3.68. The van der Waals surface area contributed by atoms with Crippen LogP contribution in [0.5, 0.6) is 0 Å². The Kier molecular flexibility index (Phi) is 5.67. The van der Waals surface area contributed by atoms with Crippen molar-refractivity contribution in [3.05, 3.63) is 35.1 Å². The molecular formula is C13H17F4NS. The van der Waals surface area contributed by atoms with Crippen LogP contribution in [0.2, 0.25) is 0 Å². The zero-order chi connectivity index (χ0) is 14.6. The average molecular weight is 295 g/mol. The van der Waals surface area contributed by atoms with Crippen molar-refractivity contribution >= 4 is 11.8 Å². The van der Waals surface area contributed by atoms with Gasteiger partial charge in [0.05, 0.1) is 5.56 Å². The second-order valence-corrected chi connectivity index (χ2v) is 5.87. The van der Waals surface area contributed by atoms with Crippen LogP contribution in [0, 0.1) is 5.82 Å². The van der Waals surface area contributed by atoms with Gasteiger partial charge in [0.1, 0.15) is 5.82 Å². The van der Waals surface area contributed by atoms with Crippen LogP contribution >= 0.6 is 11.8 Å². The lowest BCUT2D eigenvalue weighted by molar-refractivity contribution is -0.140. The van der Waals surface area contributed by atoms with E-state index in [2.05, 4.69) is 0 Å². The maximum atomic E-state index is 13.4. The van der Waals surface area contributed by atoms with Crippen molar-refractivity contribution in [2.45, 2.75) is 37.7 Å². The van der Waals surface area contributed by atoms with Crippen LogP contribution < -0.4 is 5.73 Å². The lowest BCUT2D eigenvalue weighted by Gasteiger charge is -2.16. The predicted molar refractivity (Wildman–Crippen MR) is 70.5 cm³/mol. The molecule has 0 amide bonds. The Balaban J connectivity index is 2.78. The highest BCUT2D eigenvalue weighted by atomic mass is 32.2. The molecule has 1 aromatic rings. The third kappa shape index (κ3) is 4.69. The van der Waals surface area contributed by atoms with Crippen molar-refractivity contribution in [3.8, 4) is 0 Å². The smallest absolute Gasteiger partial charge is 0.323 e. The van der Waals surface area contributed by atoms with E-state index >= 15 is 0 Å². The predicted octanol–water partition coefficient (Wildman–Crippen LogP) is 4.38. The fourth-order valence-corrected chi connectivity index (χ4v) is 2.44. The van der Waals surface area contributed by atoms with Crippen molar-refractivity contribution in [1.29, 1.82) is 0 Å². The third-order valence-corrected chi connectivity index (χ3v) is 4.32. The summed E-state index contributed by atoms with van der Waals surface area (Å²) in [6, 6.07) is 2.41. The van der Waals surface area contributed by atoms with Gasteiger partial charge >= 0.3 is 6.18 Å². The lowest BCUT2D eigenvalue weighted by Crippen LogP contribution is -2.16. The van der Waals surface area contributed by atoms with E-state index in [1.165, 1.54) is 6.07 Å². The number of hydrogen-bond donors (Lipinski definition) is 1. The molecule has 0 spiro atoms. The zero-order valence-corrected chi connectivity index (χ0v) is 11.6. The van der Waals surface area contributed by atoms with Crippen LogP contribution in [0.4, 0.5) is 17.6 Å². The minimum Gasteiger partial charge on any atom is -0.323 e. The van der Waals surface area contributed by atoms with Crippen LogP contribution in [0.3, 0.4) is 0 Å². The molecule has 0 aliphatic rings. The average Bonchev–Trinajstić information content (AvgIpc) is 2.33. The summed E-state index contributed by atoms with van der Waals surface area (Å²) in [5.41, 5.74) is 5.00. The highest BCUT2D eigenvalue weighted by molar-refractivity contribution is 7.99. The zero-order valence-electron chi connectivity index (χ0n) is 10.8. The first-order chi connectivity index (χ1) is 8.75. The molecule has 1 rings (SSSR count). The van der Waals surface area contributed by atoms with E-state index in [9.17, 15) is 17.6 Å². The second-order valence-electron chi connectivity index (χ2n) is 4.40. The first kappa shape index (κ1) is 16.3. The summed E-state index contributed by atoms with van der Waals surface area (Å²) in [4.78, 5) is 0. The van der Waals surface area contributed by atoms with Crippen molar-refractivity contribution < 1.29 is 17.6 Å². The van der Waals surface area contributed by atoms with E-state index in [0.717, 1.165) is 18.6 Å². The number of rotatable bonds is 5. The monoisotopic (exact) mass is 295 g/mol. The molecule has 2 atom stereocenters. The van der Waals surface area contributed by atoms with Gasteiger partial charge < -0.3 is 5.73 Å². The number of nitrogens with two attached hydrogens (primary N) is 1. The van der Waals surface area contributed by atoms with Gasteiger partial charge in [-0.15, -0.1) is 0 Å². The van der Waals surface area contributed by atoms with E-state index in [0.29, 0.717) is 16.6 Å². The molecule has 0 radical (unpaired) electrons. The molecule has 1 aromatic carbocycles. The van der Waals surface area contributed by atoms with Gasteiger partial charge in [-0.3, -0.25) is 0 Å². The standard InChI is InChI=1S/C13H17F4NS/c1-3-8(2)19-7-12(18)9-4-5-10(11(14)6-9)13(15,16)17/h4-6,8,12H,3,7,18H2,1-2H3. The van der Waals surface area contributed by atoms with Gasteiger partial charge in [0.15, 0.2) is 0 Å². The summed E-state index contributed by atoms with van der Waals surface area (Å²) in [7, 11) is 0. The highest BCUT2D eigenvalue weighted by Crippen LogP contribution is 2.32. The quantitative estimate of drug-likeness (QED) is 0.816. The molecule has 1 nitrogen and oxygen atoms in total. The first-order valence-electron chi connectivity index (χ1n) is 5.99. The number of halogens is 4.